The summed E-state index contributed by atoms with van der Waals surface area (Å²) in [6.45, 7) is -0.264. The van der Waals surface area contributed by atoms with Crippen LogP contribution in [-0.4, -0.2) is 32.0 Å². The third-order valence-electron chi connectivity index (χ3n) is 1.73. The van der Waals surface area contributed by atoms with Gasteiger partial charge in [0.25, 0.3) is 0 Å². The Hall–Kier alpha value is -0.290. The van der Waals surface area contributed by atoms with Crippen LogP contribution in [0.25, 0.3) is 0 Å². The van der Waals surface area contributed by atoms with Crippen molar-refractivity contribution in [2.24, 2.45) is 0 Å². The van der Waals surface area contributed by atoms with Gasteiger partial charge in [0.1, 0.15) is 0 Å². The number of hydrogen-bond donors (Lipinski definition) is 1. The van der Waals surface area contributed by atoms with Crippen molar-refractivity contribution in [2.75, 3.05) is 20.2 Å². The average molecular weight is 155 g/mol. The van der Waals surface area contributed by atoms with Crippen molar-refractivity contribution in [3.05, 3.63) is 0 Å². The average Bonchev–Trinajstić information content (AvgIpc) is 1.58. The van der Waals surface area contributed by atoms with Gasteiger partial charge in [-0.05, 0) is 0 Å². The van der Waals surface area contributed by atoms with Gasteiger partial charge in [-0.2, -0.15) is 13.2 Å². The Bertz CT molecular complexity index is 124. The first-order valence-corrected chi connectivity index (χ1v) is 2.84. The van der Waals surface area contributed by atoms with Crippen LogP contribution in [0.4, 0.5) is 13.2 Å². The molecule has 10 heavy (non-hydrogen) atoms. The minimum absolute atomic E-state index is 0.132. The monoisotopic (exact) mass is 155 g/mol. The molecule has 1 aliphatic heterocycles. The number of rotatable bonds is 1. The van der Waals surface area contributed by atoms with E-state index in [1.54, 1.807) is 0 Å². The van der Waals surface area contributed by atoms with E-state index in [4.69, 9.17) is 0 Å². The summed E-state index contributed by atoms with van der Waals surface area (Å²) in [5.74, 6) is 0. The van der Waals surface area contributed by atoms with Gasteiger partial charge < -0.3 is 10.1 Å². The molecular weight excluding hydrogens is 147 g/mol. The Morgan fingerprint density at radius 2 is 1.90 bits per heavy atom. The van der Waals surface area contributed by atoms with Crippen LogP contribution in [0.3, 0.4) is 0 Å². The normalized spacial score (nSPS) is 24.0. The standard InChI is InChI=1S/C5H8F3NO/c1-10-4(2-9-3-4)5(6,7)8/h9H,2-3H2,1H3. The Morgan fingerprint density at radius 3 is 1.90 bits per heavy atom. The van der Waals surface area contributed by atoms with Gasteiger partial charge in [-0.3, -0.25) is 0 Å². The number of hydrogen-bond acceptors (Lipinski definition) is 2. The topological polar surface area (TPSA) is 21.3 Å². The van der Waals surface area contributed by atoms with Gasteiger partial charge in [0.05, 0.1) is 0 Å². The molecule has 5 heteroatoms. The molecule has 0 aliphatic carbocycles. The van der Waals surface area contributed by atoms with Gasteiger partial charge >= 0.3 is 6.18 Å². The maximum Gasteiger partial charge on any atom is 0.419 e. The van der Waals surface area contributed by atoms with E-state index in [1.165, 1.54) is 0 Å². The van der Waals surface area contributed by atoms with Gasteiger partial charge in [-0.25, -0.2) is 0 Å². The lowest BCUT2D eigenvalue weighted by Gasteiger charge is -2.42. The summed E-state index contributed by atoms with van der Waals surface area (Å²) < 4.78 is 40.3. The second-order valence-corrected chi connectivity index (χ2v) is 2.30. The third-order valence-corrected chi connectivity index (χ3v) is 1.73. The largest absolute Gasteiger partial charge is 0.419 e. The fourth-order valence-electron chi connectivity index (χ4n) is 0.813. The van der Waals surface area contributed by atoms with E-state index in [0.29, 0.717) is 0 Å². The van der Waals surface area contributed by atoms with Crippen molar-refractivity contribution in [1.82, 2.24) is 5.32 Å². The highest BCUT2D eigenvalue weighted by atomic mass is 19.4. The Kier molecular flexibility index (Phi) is 1.64. The number of nitrogens with one attached hydrogen (secondary N) is 1. The van der Waals surface area contributed by atoms with Crippen molar-refractivity contribution in [3.8, 4) is 0 Å². The molecule has 1 aliphatic rings. The summed E-state index contributed by atoms with van der Waals surface area (Å²) in [6.07, 6.45) is -4.24. The van der Waals surface area contributed by atoms with Crippen molar-refractivity contribution < 1.29 is 17.9 Å². The maximum atomic E-state index is 12.0. The molecule has 0 aromatic carbocycles. The quantitative estimate of drug-likeness (QED) is 0.596. The van der Waals surface area contributed by atoms with E-state index < -0.39 is 11.8 Å². The number of methoxy groups -OCH3 is 1. The number of halogens is 3. The number of alkyl halides is 3. The van der Waals surface area contributed by atoms with Crippen LogP contribution in [0.5, 0.6) is 0 Å². The Balaban J connectivity index is 2.65. The molecule has 0 saturated carbocycles. The van der Waals surface area contributed by atoms with Gasteiger partial charge in [-0.15, -0.1) is 0 Å². The van der Waals surface area contributed by atoms with E-state index in [0.717, 1.165) is 7.11 Å². The summed E-state index contributed by atoms with van der Waals surface area (Å²) in [6, 6.07) is 0. The van der Waals surface area contributed by atoms with Crippen LogP contribution in [0.15, 0.2) is 0 Å². The van der Waals surface area contributed by atoms with E-state index in [2.05, 4.69) is 10.1 Å². The highest BCUT2D eigenvalue weighted by Gasteiger charge is 2.59. The molecule has 0 bridgehead atoms. The van der Waals surface area contributed by atoms with Crippen LogP contribution < -0.4 is 5.32 Å². The van der Waals surface area contributed by atoms with Crippen LogP contribution in [0.1, 0.15) is 0 Å². The lowest BCUT2D eigenvalue weighted by atomic mass is 9.96. The first kappa shape index (κ1) is 7.81. The molecule has 1 heterocycles. The first-order chi connectivity index (χ1) is 4.52. The molecule has 0 amide bonds. The summed E-state index contributed by atoms with van der Waals surface area (Å²) >= 11 is 0. The summed E-state index contributed by atoms with van der Waals surface area (Å²) in [5, 5.41) is 2.51. The van der Waals surface area contributed by atoms with Gasteiger partial charge in [0, 0.05) is 20.2 Å². The maximum absolute atomic E-state index is 12.0. The molecule has 0 radical (unpaired) electrons. The SMILES string of the molecule is COC1(C(F)(F)F)CNC1. The molecule has 1 fully saturated rings. The highest BCUT2D eigenvalue weighted by Crippen LogP contribution is 2.35. The molecule has 1 saturated heterocycles. The molecule has 2 nitrogen and oxygen atoms in total. The van der Waals surface area contributed by atoms with Crippen molar-refractivity contribution in [1.29, 1.82) is 0 Å². The molecule has 1 rings (SSSR count). The van der Waals surface area contributed by atoms with Gasteiger partial charge in [0.15, 0.2) is 5.60 Å². The van der Waals surface area contributed by atoms with Crippen LogP contribution in [0.2, 0.25) is 0 Å². The predicted octanol–water partition coefficient (Wildman–Crippen LogP) is 0.537. The smallest absolute Gasteiger partial charge is 0.366 e. The van der Waals surface area contributed by atoms with E-state index in [1.807, 2.05) is 0 Å². The molecule has 1 N–H and O–H groups in total. The fourth-order valence-corrected chi connectivity index (χ4v) is 0.813. The molecular formula is C5H8F3NO. The third kappa shape index (κ3) is 0.894. The zero-order valence-electron chi connectivity index (χ0n) is 5.46. The first-order valence-electron chi connectivity index (χ1n) is 2.84. The second kappa shape index (κ2) is 2.10. The lowest BCUT2D eigenvalue weighted by Crippen LogP contribution is -2.68. The van der Waals surface area contributed by atoms with E-state index >= 15 is 0 Å². The summed E-state index contributed by atoms with van der Waals surface area (Å²) in [4.78, 5) is 0. The zero-order chi connectivity index (χ0) is 7.83. The van der Waals surface area contributed by atoms with Gasteiger partial charge in [0.2, 0.25) is 0 Å². The predicted molar refractivity (Wildman–Crippen MR) is 28.7 cm³/mol. The zero-order valence-corrected chi connectivity index (χ0v) is 5.46. The number of ether oxygens (including phenoxy) is 1. The van der Waals surface area contributed by atoms with E-state index in [9.17, 15) is 13.2 Å². The van der Waals surface area contributed by atoms with Crippen LogP contribution in [-0.2, 0) is 4.74 Å². The fraction of sp³-hybridized carbons (Fsp3) is 1.00. The highest BCUT2D eigenvalue weighted by molar-refractivity contribution is 5.00. The Labute approximate surface area is 56.4 Å². The molecule has 0 aromatic rings. The minimum Gasteiger partial charge on any atom is -0.366 e. The minimum atomic E-state index is -4.24. The molecule has 0 unspecified atom stereocenters. The van der Waals surface area contributed by atoms with Crippen molar-refractivity contribution in [3.63, 3.8) is 0 Å². The van der Waals surface area contributed by atoms with Crippen molar-refractivity contribution >= 4 is 0 Å². The lowest BCUT2D eigenvalue weighted by molar-refractivity contribution is -0.284. The summed E-state index contributed by atoms with van der Waals surface area (Å²) in [7, 11) is 1.08. The molecule has 0 spiro atoms. The second-order valence-electron chi connectivity index (χ2n) is 2.30. The van der Waals surface area contributed by atoms with Crippen molar-refractivity contribution in [2.45, 2.75) is 11.8 Å². The van der Waals surface area contributed by atoms with Crippen LogP contribution in [0, 0.1) is 0 Å². The molecule has 60 valence electrons. The molecule has 0 aromatic heterocycles. The van der Waals surface area contributed by atoms with Gasteiger partial charge in [-0.1, -0.05) is 0 Å². The van der Waals surface area contributed by atoms with Crippen LogP contribution >= 0.6 is 0 Å². The summed E-state index contributed by atoms with van der Waals surface area (Å²) in [5.41, 5.74) is -1.91. The van der Waals surface area contributed by atoms with E-state index in [-0.39, 0.29) is 13.1 Å². The Morgan fingerprint density at radius 1 is 1.40 bits per heavy atom. The molecule has 0 atom stereocenters.